The number of esters is 1. The van der Waals surface area contributed by atoms with E-state index in [2.05, 4.69) is 19.8 Å². The van der Waals surface area contributed by atoms with Crippen molar-refractivity contribution in [1.29, 1.82) is 0 Å². The van der Waals surface area contributed by atoms with Gasteiger partial charge in [-0.15, -0.1) is 5.10 Å². The van der Waals surface area contributed by atoms with Crippen molar-refractivity contribution >= 4 is 11.9 Å². The Bertz CT molecular complexity index is 655. The summed E-state index contributed by atoms with van der Waals surface area (Å²) < 4.78 is 18.3. The van der Waals surface area contributed by atoms with E-state index in [1.807, 2.05) is 0 Å². The first-order valence-electron chi connectivity index (χ1n) is 4.92. The summed E-state index contributed by atoms with van der Waals surface area (Å²) in [6, 6.07) is 0.796. The number of ether oxygens (including phenoxy) is 1. The minimum Gasteiger partial charge on any atom is -0.478 e. The molecular weight excluding hydrogens is 259 g/mol. The minimum atomic E-state index is -1.38. The van der Waals surface area contributed by atoms with Crippen LogP contribution in [0.5, 0.6) is 0 Å². The fourth-order valence-corrected chi connectivity index (χ4v) is 1.32. The smallest absolute Gasteiger partial charge is 0.377 e. The SMILES string of the molecule is COC(=O)c1ncn(-c2ncc(F)cc2C(=O)O)n1. The molecule has 98 valence electrons. The van der Waals surface area contributed by atoms with Gasteiger partial charge in [0.2, 0.25) is 0 Å². The highest BCUT2D eigenvalue weighted by molar-refractivity contribution is 5.91. The fraction of sp³-hybridized carbons (Fsp3) is 0.100. The number of hydrogen-bond acceptors (Lipinski definition) is 6. The van der Waals surface area contributed by atoms with Crippen LogP contribution in [0, 0.1) is 5.82 Å². The highest BCUT2D eigenvalue weighted by atomic mass is 19.1. The van der Waals surface area contributed by atoms with Gasteiger partial charge in [-0.3, -0.25) is 0 Å². The molecule has 0 amide bonds. The van der Waals surface area contributed by atoms with Crippen LogP contribution >= 0.6 is 0 Å². The first-order chi connectivity index (χ1) is 9.02. The zero-order valence-electron chi connectivity index (χ0n) is 9.57. The number of carboxylic acids is 1. The topological polar surface area (TPSA) is 107 Å². The van der Waals surface area contributed by atoms with Gasteiger partial charge in [0.1, 0.15) is 17.7 Å². The molecule has 0 fully saturated rings. The summed E-state index contributed by atoms with van der Waals surface area (Å²) in [4.78, 5) is 29.4. The van der Waals surface area contributed by atoms with Gasteiger partial charge in [0.05, 0.1) is 13.3 Å². The van der Waals surface area contributed by atoms with Gasteiger partial charge < -0.3 is 9.84 Å². The Morgan fingerprint density at radius 1 is 1.42 bits per heavy atom. The summed E-state index contributed by atoms with van der Waals surface area (Å²) in [7, 11) is 1.15. The molecule has 0 atom stereocenters. The second-order valence-electron chi connectivity index (χ2n) is 3.33. The van der Waals surface area contributed by atoms with Crippen molar-refractivity contribution < 1.29 is 23.8 Å². The van der Waals surface area contributed by atoms with E-state index >= 15 is 0 Å². The summed E-state index contributed by atoms with van der Waals surface area (Å²) in [5.41, 5.74) is -0.402. The van der Waals surface area contributed by atoms with E-state index in [0.29, 0.717) is 0 Å². The van der Waals surface area contributed by atoms with E-state index in [4.69, 9.17) is 5.11 Å². The van der Waals surface area contributed by atoms with Crippen LogP contribution in [-0.4, -0.2) is 43.9 Å². The molecule has 2 rings (SSSR count). The van der Waals surface area contributed by atoms with Crippen molar-refractivity contribution in [3.05, 3.63) is 35.8 Å². The molecule has 0 saturated heterocycles. The molecule has 0 aliphatic rings. The van der Waals surface area contributed by atoms with E-state index in [1.165, 1.54) is 0 Å². The molecule has 19 heavy (non-hydrogen) atoms. The number of pyridine rings is 1. The fourth-order valence-electron chi connectivity index (χ4n) is 1.32. The predicted molar refractivity (Wildman–Crippen MR) is 57.4 cm³/mol. The molecule has 8 nitrogen and oxygen atoms in total. The maximum absolute atomic E-state index is 13.0. The zero-order valence-corrected chi connectivity index (χ0v) is 9.57. The Morgan fingerprint density at radius 2 is 2.16 bits per heavy atom. The van der Waals surface area contributed by atoms with Crippen LogP contribution in [0.3, 0.4) is 0 Å². The lowest BCUT2D eigenvalue weighted by Gasteiger charge is -2.03. The molecule has 0 aliphatic carbocycles. The van der Waals surface area contributed by atoms with Crippen LogP contribution in [0.15, 0.2) is 18.6 Å². The highest BCUT2D eigenvalue weighted by Gasteiger charge is 2.18. The van der Waals surface area contributed by atoms with Gasteiger partial charge in [-0.1, -0.05) is 0 Å². The molecule has 0 spiro atoms. The lowest BCUT2D eigenvalue weighted by Crippen LogP contribution is -2.10. The number of methoxy groups -OCH3 is 1. The van der Waals surface area contributed by atoms with Crippen LogP contribution in [-0.2, 0) is 4.74 Å². The van der Waals surface area contributed by atoms with Crippen LogP contribution in [0.2, 0.25) is 0 Å². The Hall–Kier alpha value is -2.84. The van der Waals surface area contributed by atoms with E-state index in [-0.39, 0.29) is 11.6 Å². The number of aromatic carboxylic acids is 1. The third kappa shape index (κ3) is 2.39. The minimum absolute atomic E-state index is 0.156. The molecular formula is C10H7FN4O4. The zero-order chi connectivity index (χ0) is 14.0. The number of carbonyl (C=O) groups is 2. The van der Waals surface area contributed by atoms with E-state index in [0.717, 1.165) is 30.4 Å². The quantitative estimate of drug-likeness (QED) is 0.795. The van der Waals surface area contributed by atoms with Crippen LogP contribution in [0.25, 0.3) is 5.82 Å². The maximum Gasteiger partial charge on any atom is 0.377 e. The Morgan fingerprint density at radius 3 is 2.79 bits per heavy atom. The van der Waals surface area contributed by atoms with Gasteiger partial charge in [-0.25, -0.2) is 28.6 Å². The molecule has 0 aliphatic heterocycles. The molecule has 2 aromatic rings. The number of carboxylic acid groups (broad SMARTS) is 1. The molecule has 0 radical (unpaired) electrons. The standard InChI is InChI=1S/C10H7FN4O4/c1-19-10(18)7-13-4-15(14-7)8-6(9(16)17)2-5(11)3-12-8/h2-4H,1H3,(H,16,17). The summed E-state index contributed by atoms with van der Waals surface area (Å²) in [6.45, 7) is 0. The van der Waals surface area contributed by atoms with E-state index in [1.54, 1.807) is 0 Å². The Kier molecular flexibility index (Phi) is 3.19. The van der Waals surface area contributed by atoms with Crippen LogP contribution in [0.1, 0.15) is 21.0 Å². The largest absolute Gasteiger partial charge is 0.478 e. The van der Waals surface area contributed by atoms with E-state index in [9.17, 15) is 14.0 Å². The summed E-state index contributed by atoms with van der Waals surface area (Å²) in [5.74, 6) is -3.37. The van der Waals surface area contributed by atoms with Gasteiger partial charge >= 0.3 is 11.9 Å². The molecule has 2 heterocycles. The van der Waals surface area contributed by atoms with Gasteiger partial charge in [-0.2, -0.15) is 0 Å². The first kappa shape index (κ1) is 12.6. The first-order valence-corrected chi connectivity index (χ1v) is 4.92. The van der Waals surface area contributed by atoms with Gasteiger partial charge in [-0.05, 0) is 6.07 Å². The number of carbonyl (C=O) groups excluding carboxylic acids is 1. The van der Waals surface area contributed by atoms with Crippen molar-refractivity contribution in [1.82, 2.24) is 19.7 Å². The summed E-state index contributed by atoms with van der Waals surface area (Å²) in [6.07, 6.45) is 1.92. The van der Waals surface area contributed by atoms with Crippen molar-refractivity contribution in [2.75, 3.05) is 7.11 Å². The number of halogens is 1. The summed E-state index contributed by atoms with van der Waals surface area (Å²) >= 11 is 0. The third-order valence-electron chi connectivity index (χ3n) is 2.14. The second kappa shape index (κ2) is 4.80. The lowest BCUT2D eigenvalue weighted by molar-refractivity contribution is 0.0586. The lowest BCUT2D eigenvalue weighted by atomic mass is 10.2. The van der Waals surface area contributed by atoms with Crippen LogP contribution in [0.4, 0.5) is 4.39 Å². The molecule has 1 N–H and O–H groups in total. The number of rotatable bonds is 3. The molecule has 2 aromatic heterocycles. The van der Waals surface area contributed by atoms with Gasteiger partial charge in [0.25, 0.3) is 5.82 Å². The average Bonchev–Trinajstić information content (AvgIpc) is 2.87. The summed E-state index contributed by atoms with van der Waals surface area (Å²) in [5, 5.41) is 12.7. The molecule has 0 bridgehead atoms. The van der Waals surface area contributed by atoms with Crippen molar-refractivity contribution in [3.63, 3.8) is 0 Å². The van der Waals surface area contributed by atoms with Gasteiger partial charge in [0, 0.05) is 0 Å². The average molecular weight is 266 g/mol. The molecule has 0 aromatic carbocycles. The monoisotopic (exact) mass is 266 g/mol. The Balaban J connectivity index is 2.50. The number of nitrogens with zero attached hydrogens (tertiary/aromatic N) is 4. The Labute approximate surface area is 105 Å². The maximum atomic E-state index is 13.0. The predicted octanol–water partition coefficient (Wildman–Crippen LogP) is 0.286. The third-order valence-corrected chi connectivity index (χ3v) is 2.14. The molecule has 0 saturated carbocycles. The van der Waals surface area contributed by atoms with Crippen molar-refractivity contribution in [2.45, 2.75) is 0 Å². The van der Waals surface area contributed by atoms with Crippen LogP contribution < -0.4 is 0 Å². The molecule has 0 unspecified atom stereocenters. The number of hydrogen-bond donors (Lipinski definition) is 1. The van der Waals surface area contributed by atoms with Crippen molar-refractivity contribution in [2.24, 2.45) is 0 Å². The highest BCUT2D eigenvalue weighted by Crippen LogP contribution is 2.12. The number of aromatic nitrogens is 4. The normalized spacial score (nSPS) is 10.2. The second-order valence-corrected chi connectivity index (χ2v) is 3.33. The molecule has 9 heteroatoms. The van der Waals surface area contributed by atoms with Crippen molar-refractivity contribution in [3.8, 4) is 5.82 Å². The van der Waals surface area contributed by atoms with Gasteiger partial charge in [0.15, 0.2) is 5.82 Å². The van der Waals surface area contributed by atoms with E-state index < -0.39 is 23.3 Å².